The molecule has 0 amide bonds. The van der Waals surface area contributed by atoms with Crippen LogP contribution in [0.4, 0.5) is 0 Å². The molecule has 0 saturated carbocycles. The molecule has 0 aliphatic carbocycles. The van der Waals surface area contributed by atoms with E-state index in [1.165, 1.54) is 12.0 Å². The molecule has 19 heavy (non-hydrogen) atoms. The molecule has 2 aliphatic rings. The van der Waals surface area contributed by atoms with Gasteiger partial charge >= 0.3 is 0 Å². The van der Waals surface area contributed by atoms with Crippen LogP contribution in [0.5, 0.6) is 0 Å². The van der Waals surface area contributed by atoms with Gasteiger partial charge in [0.1, 0.15) is 0 Å². The van der Waals surface area contributed by atoms with E-state index >= 15 is 0 Å². The van der Waals surface area contributed by atoms with Crippen molar-refractivity contribution in [1.82, 2.24) is 15.2 Å². The van der Waals surface area contributed by atoms with E-state index in [4.69, 9.17) is 4.74 Å². The summed E-state index contributed by atoms with van der Waals surface area (Å²) in [5.74, 6) is 0. The van der Waals surface area contributed by atoms with Crippen molar-refractivity contribution in [3.05, 3.63) is 30.1 Å². The van der Waals surface area contributed by atoms with E-state index in [2.05, 4.69) is 21.3 Å². The summed E-state index contributed by atoms with van der Waals surface area (Å²) in [5.41, 5.74) is 1.31. The molecule has 0 bridgehead atoms. The van der Waals surface area contributed by atoms with Gasteiger partial charge < -0.3 is 10.1 Å². The summed E-state index contributed by atoms with van der Waals surface area (Å²) in [6.45, 7) is 5.45. The third-order valence-electron chi connectivity index (χ3n) is 4.06. The van der Waals surface area contributed by atoms with Crippen LogP contribution >= 0.6 is 0 Å². The molecule has 4 heteroatoms. The van der Waals surface area contributed by atoms with Crippen LogP contribution in [-0.4, -0.2) is 48.3 Å². The van der Waals surface area contributed by atoms with Crippen molar-refractivity contribution in [2.45, 2.75) is 38.0 Å². The fraction of sp³-hybridized carbons (Fsp3) is 0.667. The molecule has 2 fully saturated rings. The Labute approximate surface area is 115 Å². The van der Waals surface area contributed by atoms with Crippen molar-refractivity contribution in [2.75, 3.05) is 26.2 Å². The first kappa shape index (κ1) is 13.0. The minimum atomic E-state index is 0.454. The van der Waals surface area contributed by atoms with E-state index in [0.29, 0.717) is 12.2 Å². The molecule has 104 valence electrons. The second kappa shape index (κ2) is 6.46. The Morgan fingerprint density at radius 2 is 2.16 bits per heavy atom. The minimum Gasteiger partial charge on any atom is -0.374 e. The number of nitrogens with one attached hydrogen (secondary N) is 1. The molecule has 0 radical (unpaired) electrons. The summed E-state index contributed by atoms with van der Waals surface area (Å²) >= 11 is 0. The van der Waals surface area contributed by atoms with Crippen LogP contribution in [0.25, 0.3) is 0 Å². The van der Waals surface area contributed by atoms with Gasteiger partial charge in [-0.3, -0.25) is 9.88 Å². The van der Waals surface area contributed by atoms with Gasteiger partial charge in [-0.25, -0.2) is 0 Å². The number of rotatable bonds is 4. The van der Waals surface area contributed by atoms with E-state index in [9.17, 15) is 0 Å². The maximum atomic E-state index is 6.15. The largest absolute Gasteiger partial charge is 0.374 e. The van der Waals surface area contributed by atoms with Crippen molar-refractivity contribution in [2.24, 2.45) is 0 Å². The van der Waals surface area contributed by atoms with Gasteiger partial charge in [0.2, 0.25) is 0 Å². The number of hydrogen-bond acceptors (Lipinski definition) is 4. The third kappa shape index (κ3) is 3.75. The highest BCUT2D eigenvalue weighted by Crippen LogP contribution is 2.19. The number of hydrogen-bond donors (Lipinski definition) is 1. The van der Waals surface area contributed by atoms with Crippen LogP contribution in [0.1, 0.15) is 24.8 Å². The molecule has 1 N–H and O–H groups in total. The normalized spacial score (nSPS) is 25.8. The van der Waals surface area contributed by atoms with Crippen LogP contribution in [0.3, 0.4) is 0 Å². The van der Waals surface area contributed by atoms with Crippen molar-refractivity contribution in [1.29, 1.82) is 0 Å². The highest BCUT2D eigenvalue weighted by atomic mass is 16.5. The molecule has 3 heterocycles. The highest BCUT2D eigenvalue weighted by molar-refractivity contribution is 5.08. The zero-order chi connectivity index (χ0) is 12.9. The molecule has 1 aromatic heterocycles. The van der Waals surface area contributed by atoms with Crippen LogP contribution in [0.15, 0.2) is 24.5 Å². The topological polar surface area (TPSA) is 37.4 Å². The maximum absolute atomic E-state index is 6.15. The fourth-order valence-electron chi connectivity index (χ4n) is 2.97. The first-order chi connectivity index (χ1) is 9.40. The molecule has 4 nitrogen and oxygen atoms in total. The molecule has 1 unspecified atom stereocenters. The van der Waals surface area contributed by atoms with Crippen molar-refractivity contribution in [3.8, 4) is 0 Å². The Bertz CT molecular complexity index is 370. The molecule has 0 spiro atoms. The Hall–Kier alpha value is -0.970. The average Bonchev–Trinajstić information content (AvgIpc) is 2.95. The number of pyridine rings is 1. The molecule has 2 aliphatic heterocycles. The molecule has 3 rings (SSSR count). The zero-order valence-corrected chi connectivity index (χ0v) is 11.4. The first-order valence-electron chi connectivity index (χ1n) is 7.37. The van der Waals surface area contributed by atoms with E-state index < -0.39 is 0 Å². The van der Waals surface area contributed by atoms with Crippen molar-refractivity contribution >= 4 is 0 Å². The summed E-state index contributed by atoms with van der Waals surface area (Å²) in [5, 5.41) is 3.36. The molecule has 2 saturated heterocycles. The van der Waals surface area contributed by atoms with Crippen LogP contribution in [0.2, 0.25) is 0 Å². The number of piperidine rings is 1. The van der Waals surface area contributed by atoms with Gasteiger partial charge in [-0.2, -0.15) is 0 Å². The molecule has 1 aromatic rings. The fourth-order valence-corrected chi connectivity index (χ4v) is 2.97. The Kier molecular flexibility index (Phi) is 4.43. The second-order valence-electron chi connectivity index (χ2n) is 5.59. The quantitative estimate of drug-likeness (QED) is 0.889. The lowest BCUT2D eigenvalue weighted by Gasteiger charge is -2.33. The Balaban J connectivity index is 1.41. The Morgan fingerprint density at radius 1 is 1.26 bits per heavy atom. The monoisotopic (exact) mass is 261 g/mol. The van der Waals surface area contributed by atoms with Gasteiger partial charge in [-0.05, 0) is 37.4 Å². The van der Waals surface area contributed by atoms with Gasteiger partial charge in [0.15, 0.2) is 0 Å². The molecule has 0 aromatic carbocycles. The standard InChI is InChI=1S/C15H23N3O/c1-2-13(10-16-6-1)12-18-8-4-14(5-9-18)19-15-3-7-17-11-15/h1-2,6,10,14-15,17H,3-5,7-9,11-12H2. The Morgan fingerprint density at radius 3 is 2.84 bits per heavy atom. The number of likely N-dealkylation sites (tertiary alicyclic amines) is 1. The van der Waals surface area contributed by atoms with Crippen LogP contribution in [-0.2, 0) is 11.3 Å². The summed E-state index contributed by atoms with van der Waals surface area (Å²) in [6.07, 6.45) is 8.22. The van der Waals surface area contributed by atoms with Gasteiger partial charge in [0.05, 0.1) is 12.2 Å². The predicted molar refractivity (Wildman–Crippen MR) is 74.9 cm³/mol. The lowest BCUT2D eigenvalue weighted by molar-refractivity contribution is -0.0346. The summed E-state index contributed by atoms with van der Waals surface area (Å²) < 4.78 is 6.15. The van der Waals surface area contributed by atoms with Crippen LogP contribution < -0.4 is 5.32 Å². The third-order valence-corrected chi connectivity index (χ3v) is 4.06. The van der Waals surface area contributed by atoms with Crippen LogP contribution in [0, 0.1) is 0 Å². The summed E-state index contributed by atoms with van der Waals surface area (Å²) in [6, 6.07) is 4.16. The summed E-state index contributed by atoms with van der Waals surface area (Å²) in [7, 11) is 0. The lowest BCUT2D eigenvalue weighted by Crippen LogP contribution is -2.38. The van der Waals surface area contributed by atoms with Gasteiger partial charge in [-0.15, -0.1) is 0 Å². The van der Waals surface area contributed by atoms with Gasteiger partial charge in [-0.1, -0.05) is 6.07 Å². The van der Waals surface area contributed by atoms with E-state index in [1.807, 2.05) is 18.5 Å². The zero-order valence-electron chi connectivity index (χ0n) is 11.4. The van der Waals surface area contributed by atoms with Crippen molar-refractivity contribution in [3.63, 3.8) is 0 Å². The van der Waals surface area contributed by atoms with Crippen molar-refractivity contribution < 1.29 is 4.74 Å². The van der Waals surface area contributed by atoms with E-state index in [-0.39, 0.29) is 0 Å². The second-order valence-corrected chi connectivity index (χ2v) is 5.59. The molecular weight excluding hydrogens is 238 g/mol. The van der Waals surface area contributed by atoms with E-state index in [1.54, 1.807) is 0 Å². The predicted octanol–water partition coefficient (Wildman–Crippen LogP) is 1.42. The van der Waals surface area contributed by atoms with E-state index in [0.717, 1.165) is 45.6 Å². The number of nitrogens with zero attached hydrogens (tertiary/aromatic N) is 2. The summed E-state index contributed by atoms with van der Waals surface area (Å²) in [4.78, 5) is 6.68. The average molecular weight is 261 g/mol. The molecular formula is C15H23N3O. The number of aromatic nitrogens is 1. The first-order valence-corrected chi connectivity index (χ1v) is 7.37. The smallest absolute Gasteiger partial charge is 0.0715 e. The van der Waals surface area contributed by atoms with Gasteiger partial charge in [0, 0.05) is 38.6 Å². The maximum Gasteiger partial charge on any atom is 0.0715 e. The van der Waals surface area contributed by atoms with Gasteiger partial charge in [0.25, 0.3) is 0 Å². The SMILES string of the molecule is c1cncc(CN2CCC(OC3CCNC3)CC2)c1. The highest BCUT2D eigenvalue weighted by Gasteiger charge is 2.24. The lowest BCUT2D eigenvalue weighted by atomic mass is 10.1. The number of ether oxygens (including phenoxy) is 1. The minimum absolute atomic E-state index is 0.454. The molecule has 1 atom stereocenters.